The fourth-order valence-electron chi connectivity index (χ4n) is 1.25. The van der Waals surface area contributed by atoms with Crippen molar-refractivity contribution in [1.82, 2.24) is 0 Å². The number of carbonyl (C=O) groups excluding carboxylic acids is 1. The summed E-state index contributed by atoms with van der Waals surface area (Å²) in [5.41, 5.74) is 0. The molecule has 0 aromatic heterocycles. The van der Waals surface area contributed by atoms with Crippen molar-refractivity contribution in [2.75, 3.05) is 0 Å². The monoisotopic (exact) mass is 196 g/mol. The molecule has 0 fully saturated rings. The van der Waals surface area contributed by atoms with E-state index in [4.69, 9.17) is 4.74 Å². The number of rotatable bonds is 7. The molecule has 0 aliphatic carbocycles. The van der Waals surface area contributed by atoms with E-state index in [0.717, 1.165) is 19.3 Å². The van der Waals surface area contributed by atoms with E-state index in [2.05, 4.69) is 27.0 Å². The van der Waals surface area contributed by atoms with Crippen LogP contribution in [0.3, 0.4) is 0 Å². The van der Waals surface area contributed by atoms with Crippen LogP contribution >= 0.6 is 0 Å². The van der Waals surface area contributed by atoms with Gasteiger partial charge < -0.3 is 4.74 Å². The van der Waals surface area contributed by atoms with Crippen LogP contribution < -0.4 is 0 Å². The second-order valence-corrected chi connectivity index (χ2v) is 3.77. The molecule has 0 bridgehead atoms. The Morgan fingerprint density at radius 3 is 2.43 bits per heavy atom. The molecule has 0 N–H and O–H groups in total. The lowest BCUT2D eigenvalue weighted by Crippen LogP contribution is -2.13. The molecule has 1 unspecified atom stereocenters. The minimum absolute atomic E-state index is 0.188. The van der Waals surface area contributed by atoms with E-state index in [1.54, 1.807) is 6.08 Å². The maximum Gasteiger partial charge on any atom is 0.317 e. The second-order valence-electron chi connectivity index (χ2n) is 3.77. The van der Waals surface area contributed by atoms with Crippen LogP contribution in [0.4, 0.5) is 0 Å². The summed E-state index contributed by atoms with van der Waals surface area (Å²) in [7, 11) is 0. The zero-order valence-electron chi connectivity index (χ0n) is 9.16. The molecular weight excluding hydrogens is 176 g/mol. The highest BCUT2D eigenvalue weighted by atomic mass is 16.5. The quantitative estimate of drug-likeness (QED) is 0.355. The van der Waals surface area contributed by atoms with Gasteiger partial charge in [0.2, 0.25) is 0 Å². The summed E-state index contributed by atoms with van der Waals surface area (Å²) < 4.78 is 4.71. The van der Waals surface area contributed by atoms with Gasteiger partial charge in [0.15, 0.2) is 0 Å². The molecule has 1 atom stereocenters. The van der Waals surface area contributed by atoms with Crippen LogP contribution in [0.25, 0.3) is 0 Å². The van der Waals surface area contributed by atoms with Gasteiger partial charge in [0.25, 0.3) is 0 Å². The zero-order valence-corrected chi connectivity index (χ0v) is 9.16. The van der Waals surface area contributed by atoms with E-state index in [1.165, 1.54) is 6.26 Å². The first kappa shape index (κ1) is 12.9. The standard InChI is InChI=1S/C12H20O2/c1-5-11(12(13)14-6-2)9-7-8-10(3)4/h5-6,10-11H,1-2,7-9H2,3-4H3. The Morgan fingerprint density at radius 2 is 2.00 bits per heavy atom. The van der Waals surface area contributed by atoms with Gasteiger partial charge in [0.1, 0.15) is 0 Å². The van der Waals surface area contributed by atoms with Gasteiger partial charge in [-0.1, -0.05) is 39.3 Å². The first-order valence-electron chi connectivity index (χ1n) is 5.05. The molecule has 0 aromatic carbocycles. The molecule has 14 heavy (non-hydrogen) atoms. The average molecular weight is 196 g/mol. The van der Waals surface area contributed by atoms with Gasteiger partial charge in [-0.2, -0.15) is 0 Å². The Bertz CT molecular complexity index is 194. The Balaban J connectivity index is 3.84. The highest BCUT2D eigenvalue weighted by Crippen LogP contribution is 2.14. The fourth-order valence-corrected chi connectivity index (χ4v) is 1.25. The molecule has 0 amide bonds. The molecule has 0 aliphatic heterocycles. The molecule has 0 aliphatic rings. The van der Waals surface area contributed by atoms with E-state index >= 15 is 0 Å². The van der Waals surface area contributed by atoms with Crippen molar-refractivity contribution in [3.63, 3.8) is 0 Å². The van der Waals surface area contributed by atoms with Gasteiger partial charge in [-0.3, -0.25) is 4.79 Å². The van der Waals surface area contributed by atoms with Crippen LogP contribution in [0.2, 0.25) is 0 Å². The molecule has 0 rings (SSSR count). The molecule has 0 aromatic rings. The van der Waals surface area contributed by atoms with E-state index in [0.29, 0.717) is 5.92 Å². The second kappa shape index (κ2) is 7.36. The minimum Gasteiger partial charge on any atom is -0.435 e. The van der Waals surface area contributed by atoms with Crippen molar-refractivity contribution >= 4 is 5.97 Å². The van der Waals surface area contributed by atoms with Gasteiger partial charge in [-0.05, 0) is 12.3 Å². The minimum atomic E-state index is -0.251. The number of hydrogen-bond donors (Lipinski definition) is 0. The lowest BCUT2D eigenvalue weighted by atomic mass is 9.98. The Morgan fingerprint density at radius 1 is 1.36 bits per heavy atom. The lowest BCUT2D eigenvalue weighted by molar-refractivity contribution is -0.141. The fraction of sp³-hybridized carbons (Fsp3) is 0.583. The average Bonchev–Trinajstić information content (AvgIpc) is 2.12. The molecular formula is C12H20O2. The van der Waals surface area contributed by atoms with Crippen LogP contribution in [0, 0.1) is 11.8 Å². The first-order valence-corrected chi connectivity index (χ1v) is 5.05. The predicted octanol–water partition coefficient (Wildman–Crippen LogP) is 3.30. The summed E-state index contributed by atoms with van der Waals surface area (Å²) in [5, 5.41) is 0. The Hall–Kier alpha value is -1.05. The van der Waals surface area contributed by atoms with Crippen LogP contribution in [-0.4, -0.2) is 5.97 Å². The molecule has 0 heterocycles. The molecule has 0 saturated heterocycles. The van der Waals surface area contributed by atoms with Crippen molar-refractivity contribution in [3.05, 3.63) is 25.5 Å². The summed E-state index contributed by atoms with van der Waals surface area (Å²) in [6, 6.07) is 0. The smallest absolute Gasteiger partial charge is 0.317 e. The van der Waals surface area contributed by atoms with E-state index in [-0.39, 0.29) is 11.9 Å². The van der Waals surface area contributed by atoms with Crippen LogP contribution in [0.1, 0.15) is 33.1 Å². The van der Waals surface area contributed by atoms with Crippen LogP contribution in [-0.2, 0) is 9.53 Å². The molecule has 0 spiro atoms. The first-order chi connectivity index (χ1) is 6.61. The van der Waals surface area contributed by atoms with Gasteiger partial charge in [-0.15, -0.1) is 6.58 Å². The van der Waals surface area contributed by atoms with E-state index < -0.39 is 0 Å². The summed E-state index contributed by atoms with van der Waals surface area (Å²) in [6.45, 7) is 11.3. The lowest BCUT2D eigenvalue weighted by Gasteiger charge is -2.10. The van der Waals surface area contributed by atoms with E-state index in [9.17, 15) is 4.79 Å². The summed E-state index contributed by atoms with van der Waals surface area (Å²) in [4.78, 5) is 11.3. The zero-order chi connectivity index (χ0) is 11.0. The summed E-state index contributed by atoms with van der Waals surface area (Å²) in [5.74, 6) is 0.237. The summed E-state index contributed by atoms with van der Waals surface area (Å²) >= 11 is 0. The number of hydrogen-bond acceptors (Lipinski definition) is 2. The number of ether oxygens (including phenoxy) is 1. The predicted molar refractivity (Wildman–Crippen MR) is 58.7 cm³/mol. The molecule has 0 saturated carbocycles. The van der Waals surface area contributed by atoms with Gasteiger partial charge in [0.05, 0.1) is 12.2 Å². The maximum atomic E-state index is 11.3. The van der Waals surface area contributed by atoms with Crippen molar-refractivity contribution in [3.8, 4) is 0 Å². The Labute approximate surface area is 86.6 Å². The maximum absolute atomic E-state index is 11.3. The number of esters is 1. The van der Waals surface area contributed by atoms with Crippen LogP contribution in [0.15, 0.2) is 25.5 Å². The molecule has 2 nitrogen and oxygen atoms in total. The largest absolute Gasteiger partial charge is 0.435 e. The third-order valence-electron chi connectivity index (χ3n) is 2.08. The summed E-state index contributed by atoms with van der Waals surface area (Å²) in [6.07, 6.45) is 5.79. The van der Waals surface area contributed by atoms with Gasteiger partial charge in [-0.25, -0.2) is 0 Å². The molecule has 2 heteroatoms. The van der Waals surface area contributed by atoms with Crippen LogP contribution in [0.5, 0.6) is 0 Å². The van der Waals surface area contributed by atoms with Crippen molar-refractivity contribution in [1.29, 1.82) is 0 Å². The van der Waals surface area contributed by atoms with E-state index in [1.807, 2.05) is 0 Å². The normalized spacial score (nSPS) is 12.2. The van der Waals surface area contributed by atoms with Crippen molar-refractivity contribution in [2.45, 2.75) is 33.1 Å². The Kier molecular flexibility index (Phi) is 6.81. The third kappa shape index (κ3) is 5.57. The van der Waals surface area contributed by atoms with Gasteiger partial charge in [0, 0.05) is 0 Å². The molecule has 0 radical (unpaired) electrons. The highest BCUT2D eigenvalue weighted by Gasteiger charge is 2.14. The molecule has 80 valence electrons. The highest BCUT2D eigenvalue weighted by molar-refractivity contribution is 5.74. The van der Waals surface area contributed by atoms with Gasteiger partial charge >= 0.3 is 5.97 Å². The van der Waals surface area contributed by atoms with Crippen molar-refractivity contribution in [2.24, 2.45) is 11.8 Å². The topological polar surface area (TPSA) is 26.3 Å². The number of carbonyl (C=O) groups is 1. The SMILES string of the molecule is C=COC(=O)C(C=C)CCCC(C)C. The third-order valence-corrected chi connectivity index (χ3v) is 2.08. The van der Waals surface area contributed by atoms with Crippen molar-refractivity contribution < 1.29 is 9.53 Å².